The number of aromatic amines is 1. The van der Waals surface area contributed by atoms with E-state index in [1.165, 1.54) is 0 Å². The van der Waals surface area contributed by atoms with Crippen LogP contribution in [0.3, 0.4) is 0 Å². The minimum Gasteiger partial charge on any atom is -0.501 e. The van der Waals surface area contributed by atoms with E-state index in [9.17, 15) is 22.4 Å². The van der Waals surface area contributed by atoms with E-state index in [-0.39, 0.29) is 0 Å². The van der Waals surface area contributed by atoms with Gasteiger partial charge in [0.05, 0.1) is 6.20 Å². The summed E-state index contributed by atoms with van der Waals surface area (Å²) >= 11 is 0. The molecule has 1 aromatic rings. The second-order valence-electron chi connectivity index (χ2n) is 2.19. The minimum absolute atomic E-state index is 0.366. The average molecular weight is 213 g/mol. The molecule has 14 heavy (non-hydrogen) atoms. The first-order valence-corrected chi connectivity index (χ1v) is 3.17. The molecule has 78 valence electrons. The molecule has 1 rings (SSSR count). The molecule has 0 radical (unpaired) electrons. The normalized spacial score (nSPS) is 11.4. The Morgan fingerprint density at radius 3 is 2.50 bits per heavy atom. The van der Waals surface area contributed by atoms with Crippen molar-refractivity contribution in [2.24, 2.45) is 0 Å². The number of pyridine rings is 1. The smallest absolute Gasteiger partial charge is 0.501 e. The molecule has 0 aliphatic carbocycles. The summed E-state index contributed by atoms with van der Waals surface area (Å²) in [5.74, 6) is -4.10. The molecule has 0 amide bonds. The highest BCUT2D eigenvalue weighted by Crippen LogP contribution is 2.20. The number of halogens is 4. The van der Waals surface area contributed by atoms with Crippen molar-refractivity contribution in [2.45, 2.75) is 6.36 Å². The molecule has 0 spiro atoms. The molecule has 0 bridgehead atoms. The molecular weight excluding hydrogens is 210 g/mol. The van der Waals surface area contributed by atoms with Crippen LogP contribution in [0, 0.1) is 5.95 Å². The number of alkyl halides is 3. The zero-order chi connectivity index (χ0) is 10.9. The minimum atomic E-state index is -5.07. The fourth-order valence-electron chi connectivity index (χ4n) is 0.680. The predicted octanol–water partition coefficient (Wildman–Crippen LogP) is 1.12. The summed E-state index contributed by atoms with van der Waals surface area (Å²) in [7, 11) is 0. The Morgan fingerprint density at radius 1 is 1.43 bits per heavy atom. The summed E-state index contributed by atoms with van der Waals surface area (Å²) < 4.78 is 50.4. The standard InChI is InChI=1S/C6H3F4NO3/c7-5-4(13)3(12)2(1-11-5)14-6(8,9)10/h1,13H,(H,11,12). The van der Waals surface area contributed by atoms with Gasteiger partial charge in [0.25, 0.3) is 5.43 Å². The van der Waals surface area contributed by atoms with E-state index in [0.717, 1.165) is 0 Å². The topological polar surface area (TPSA) is 62.3 Å². The number of rotatable bonds is 1. The average Bonchev–Trinajstić information content (AvgIpc) is 2.04. The monoisotopic (exact) mass is 213 g/mol. The van der Waals surface area contributed by atoms with E-state index in [2.05, 4.69) is 4.74 Å². The highest BCUT2D eigenvalue weighted by atomic mass is 19.4. The number of ether oxygens (including phenoxy) is 1. The molecule has 0 unspecified atom stereocenters. The molecule has 1 aromatic heterocycles. The Bertz CT molecular complexity index is 397. The lowest BCUT2D eigenvalue weighted by Gasteiger charge is -2.07. The van der Waals surface area contributed by atoms with Crippen LogP contribution in [-0.4, -0.2) is 16.5 Å². The zero-order valence-corrected chi connectivity index (χ0v) is 6.35. The van der Waals surface area contributed by atoms with Crippen LogP contribution in [0.1, 0.15) is 0 Å². The Kier molecular flexibility index (Phi) is 2.37. The number of hydrogen-bond acceptors (Lipinski definition) is 3. The van der Waals surface area contributed by atoms with Gasteiger partial charge in [-0.15, -0.1) is 13.2 Å². The molecule has 0 aliphatic heterocycles. The first-order valence-electron chi connectivity index (χ1n) is 3.17. The summed E-state index contributed by atoms with van der Waals surface area (Å²) in [5.41, 5.74) is -1.57. The number of aromatic hydroxyl groups is 1. The lowest BCUT2D eigenvalue weighted by molar-refractivity contribution is -0.275. The van der Waals surface area contributed by atoms with Crippen LogP contribution in [0.15, 0.2) is 11.0 Å². The molecule has 0 aliphatic rings. The summed E-state index contributed by atoms with van der Waals surface area (Å²) in [6.07, 6.45) is -4.71. The Labute approximate surface area is 73.7 Å². The lowest BCUT2D eigenvalue weighted by atomic mass is 10.4. The zero-order valence-electron chi connectivity index (χ0n) is 6.35. The van der Waals surface area contributed by atoms with Crippen molar-refractivity contribution in [3.63, 3.8) is 0 Å². The van der Waals surface area contributed by atoms with Crippen molar-refractivity contribution in [1.82, 2.24) is 4.98 Å². The first-order chi connectivity index (χ1) is 6.31. The quantitative estimate of drug-likeness (QED) is 0.542. The van der Waals surface area contributed by atoms with Gasteiger partial charge in [0.1, 0.15) is 0 Å². The molecule has 1 heterocycles. The fraction of sp³-hybridized carbons (Fsp3) is 0.167. The van der Waals surface area contributed by atoms with Crippen molar-refractivity contribution in [1.29, 1.82) is 0 Å². The molecule has 0 saturated carbocycles. The van der Waals surface area contributed by atoms with Crippen LogP contribution in [-0.2, 0) is 0 Å². The van der Waals surface area contributed by atoms with Gasteiger partial charge in [0.15, 0.2) is 5.75 Å². The third-order valence-corrected chi connectivity index (χ3v) is 1.20. The SMILES string of the molecule is O=c1c(OC(F)(F)F)c[nH]c(F)c1O. The summed E-state index contributed by atoms with van der Waals surface area (Å²) in [6, 6.07) is 0. The maximum Gasteiger partial charge on any atom is 0.573 e. The number of H-pyrrole nitrogens is 1. The molecule has 8 heteroatoms. The van der Waals surface area contributed by atoms with Gasteiger partial charge < -0.3 is 14.8 Å². The molecule has 4 nitrogen and oxygen atoms in total. The van der Waals surface area contributed by atoms with E-state index in [4.69, 9.17) is 5.11 Å². The van der Waals surface area contributed by atoms with Crippen LogP contribution < -0.4 is 10.2 Å². The Balaban J connectivity index is 3.13. The largest absolute Gasteiger partial charge is 0.573 e. The lowest BCUT2D eigenvalue weighted by Crippen LogP contribution is -2.22. The maximum atomic E-state index is 12.4. The number of nitrogens with one attached hydrogen (secondary N) is 1. The van der Waals surface area contributed by atoms with Crippen molar-refractivity contribution in [3.05, 3.63) is 22.4 Å². The van der Waals surface area contributed by atoms with Gasteiger partial charge in [-0.25, -0.2) is 0 Å². The maximum absolute atomic E-state index is 12.4. The molecule has 0 fully saturated rings. The van der Waals surface area contributed by atoms with E-state index >= 15 is 0 Å². The van der Waals surface area contributed by atoms with Gasteiger partial charge in [-0.3, -0.25) is 4.79 Å². The molecule has 0 aromatic carbocycles. The van der Waals surface area contributed by atoms with Crippen LogP contribution >= 0.6 is 0 Å². The second kappa shape index (κ2) is 3.20. The van der Waals surface area contributed by atoms with Crippen LogP contribution in [0.4, 0.5) is 17.6 Å². The second-order valence-corrected chi connectivity index (χ2v) is 2.19. The third kappa shape index (κ3) is 2.15. The summed E-state index contributed by atoms with van der Waals surface area (Å²) in [6.45, 7) is 0. The van der Waals surface area contributed by atoms with Gasteiger partial charge in [-0.1, -0.05) is 0 Å². The molecule has 0 saturated heterocycles. The van der Waals surface area contributed by atoms with E-state index in [0.29, 0.717) is 6.20 Å². The number of aromatic nitrogens is 1. The van der Waals surface area contributed by atoms with Crippen molar-refractivity contribution < 1.29 is 27.4 Å². The van der Waals surface area contributed by atoms with Gasteiger partial charge in [0, 0.05) is 0 Å². The predicted molar refractivity (Wildman–Crippen MR) is 35.4 cm³/mol. The van der Waals surface area contributed by atoms with Crippen molar-refractivity contribution >= 4 is 0 Å². The number of hydrogen-bond donors (Lipinski definition) is 2. The van der Waals surface area contributed by atoms with Crippen LogP contribution in [0.2, 0.25) is 0 Å². The van der Waals surface area contributed by atoms with Gasteiger partial charge in [-0.2, -0.15) is 4.39 Å². The highest BCUT2D eigenvalue weighted by molar-refractivity contribution is 5.28. The molecule has 0 atom stereocenters. The van der Waals surface area contributed by atoms with Crippen LogP contribution in [0.25, 0.3) is 0 Å². The summed E-state index contributed by atoms with van der Waals surface area (Å²) in [4.78, 5) is 12.3. The highest BCUT2D eigenvalue weighted by Gasteiger charge is 2.33. The fourth-order valence-corrected chi connectivity index (χ4v) is 0.680. The third-order valence-electron chi connectivity index (χ3n) is 1.20. The van der Waals surface area contributed by atoms with Gasteiger partial charge in [0.2, 0.25) is 11.7 Å². The van der Waals surface area contributed by atoms with E-state index in [1.54, 1.807) is 4.98 Å². The Hall–Kier alpha value is -1.73. The van der Waals surface area contributed by atoms with E-state index < -0.39 is 29.2 Å². The summed E-state index contributed by atoms with van der Waals surface area (Å²) in [5, 5.41) is 8.62. The first kappa shape index (κ1) is 10.4. The Morgan fingerprint density at radius 2 is 2.00 bits per heavy atom. The van der Waals surface area contributed by atoms with Crippen LogP contribution in [0.5, 0.6) is 11.5 Å². The van der Waals surface area contributed by atoms with Crippen molar-refractivity contribution in [2.75, 3.05) is 0 Å². The molecule has 2 N–H and O–H groups in total. The van der Waals surface area contributed by atoms with E-state index in [1.807, 2.05) is 0 Å². The van der Waals surface area contributed by atoms with Crippen molar-refractivity contribution in [3.8, 4) is 11.5 Å². The van der Waals surface area contributed by atoms with Gasteiger partial charge >= 0.3 is 6.36 Å². The van der Waals surface area contributed by atoms with Gasteiger partial charge in [-0.05, 0) is 0 Å². The molecular formula is C6H3F4NO3.